The molecule has 0 aliphatic carbocycles. The summed E-state index contributed by atoms with van der Waals surface area (Å²) in [7, 11) is 1.85. The predicted octanol–water partition coefficient (Wildman–Crippen LogP) is 3.74. The van der Waals surface area contributed by atoms with Crippen LogP contribution < -0.4 is 0 Å². The number of aromatic nitrogens is 3. The Morgan fingerprint density at radius 2 is 1.96 bits per heavy atom. The minimum absolute atomic E-state index is 0.0309. The Morgan fingerprint density at radius 3 is 2.64 bits per heavy atom. The van der Waals surface area contributed by atoms with Crippen molar-refractivity contribution < 1.29 is 4.79 Å². The maximum absolute atomic E-state index is 13.0. The van der Waals surface area contributed by atoms with Crippen LogP contribution in [-0.4, -0.2) is 38.6 Å². The van der Waals surface area contributed by atoms with E-state index < -0.39 is 0 Å². The van der Waals surface area contributed by atoms with E-state index in [-0.39, 0.29) is 5.91 Å². The van der Waals surface area contributed by atoms with E-state index in [2.05, 4.69) is 47.8 Å². The van der Waals surface area contributed by atoms with Crippen LogP contribution in [0, 0.1) is 0 Å². The molecule has 0 saturated heterocycles. The van der Waals surface area contributed by atoms with Gasteiger partial charge in [0.15, 0.2) is 0 Å². The van der Waals surface area contributed by atoms with Crippen LogP contribution in [0.5, 0.6) is 0 Å². The zero-order chi connectivity index (χ0) is 17.8. The first kappa shape index (κ1) is 17.5. The molecule has 25 heavy (non-hydrogen) atoms. The number of hydrogen-bond donors (Lipinski definition) is 0. The molecule has 3 rings (SSSR count). The molecule has 5 nitrogen and oxygen atoms in total. The maximum Gasteiger partial charge on any atom is 0.254 e. The number of carbonyl (C=O) groups excluding carboxylic acids is 1. The van der Waals surface area contributed by atoms with Crippen LogP contribution in [0.4, 0.5) is 0 Å². The number of benzene rings is 2. The number of hydrogen-bond acceptors (Lipinski definition) is 4. The summed E-state index contributed by atoms with van der Waals surface area (Å²) in [6.07, 6.45) is 2.98. The van der Waals surface area contributed by atoms with Crippen LogP contribution in [0.15, 0.2) is 47.4 Å². The molecule has 1 amide bonds. The molecular weight excluding hydrogens is 332 g/mol. The van der Waals surface area contributed by atoms with Crippen molar-refractivity contribution in [3.05, 3.63) is 53.6 Å². The number of aryl methyl sites for hydroxylation is 1. The first-order valence-electron chi connectivity index (χ1n) is 8.34. The Kier molecular flexibility index (Phi) is 5.38. The third kappa shape index (κ3) is 3.85. The summed E-state index contributed by atoms with van der Waals surface area (Å²) < 4.78 is 1.71. The maximum atomic E-state index is 13.0. The SMILES string of the molecule is CCCN(Cc1ccc(SC)cc1)C(=O)c1ccc2c(c1)nnn2C. The minimum Gasteiger partial charge on any atom is -0.334 e. The van der Waals surface area contributed by atoms with Gasteiger partial charge in [0, 0.05) is 30.6 Å². The van der Waals surface area contributed by atoms with Gasteiger partial charge in [-0.1, -0.05) is 24.3 Å². The third-order valence-electron chi connectivity index (χ3n) is 4.17. The van der Waals surface area contributed by atoms with Crippen molar-refractivity contribution in [1.29, 1.82) is 0 Å². The van der Waals surface area contributed by atoms with Gasteiger partial charge in [-0.2, -0.15) is 0 Å². The number of nitrogens with zero attached hydrogens (tertiary/aromatic N) is 4. The second-order valence-corrected chi connectivity index (χ2v) is 6.87. The quantitative estimate of drug-likeness (QED) is 0.633. The second-order valence-electron chi connectivity index (χ2n) is 5.99. The lowest BCUT2D eigenvalue weighted by atomic mass is 10.1. The number of thioether (sulfide) groups is 1. The topological polar surface area (TPSA) is 51.0 Å². The third-order valence-corrected chi connectivity index (χ3v) is 4.91. The molecule has 0 fully saturated rings. The molecule has 3 aromatic rings. The van der Waals surface area contributed by atoms with Gasteiger partial charge in [-0.3, -0.25) is 4.79 Å². The number of carbonyl (C=O) groups is 1. The van der Waals surface area contributed by atoms with E-state index in [0.717, 1.165) is 29.6 Å². The number of amides is 1. The van der Waals surface area contributed by atoms with E-state index in [1.165, 1.54) is 4.90 Å². The molecule has 0 aliphatic rings. The largest absolute Gasteiger partial charge is 0.334 e. The fourth-order valence-electron chi connectivity index (χ4n) is 2.83. The van der Waals surface area contributed by atoms with Crippen molar-refractivity contribution in [2.45, 2.75) is 24.8 Å². The average Bonchev–Trinajstić information content (AvgIpc) is 3.02. The van der Waals surface area contributed by atoms with Gasteiger partial charge < -0.3 is 4.90 Å². The summed E-state index contributed by atoms with van der Waals surface area (Å²) in [6, 6.07) is 14.0. The molecule has 0 saturated carbocycles. The molecule has 0 radical (unpaired) electrons. The highest BCUT2D eigenvalue weighted by molar-refractivity contribution is 7.98. The Labute approximate surface area is 152 Å². The summed E-state index contributed by atoms with van der Waals surface area (Å²) in [5, 5.41) is 8.11. The van der Waals surface area contributed by atoms with E-state index in [1.54, 1.807) is 16.4 Å². The van der Waals surface area contributed by atoms with Crippen LogP contribution in [0.3, 0.4) is 0 Å². The van der Waals surface area contributed by atoms with Crippen LogP contribution in [0.2, 0.25) is 0 Å². The zero-order valence-electron chi connectivity index (χ0n) is 14.8. The zero-order valence-corrected chi connectivity index (χ0v) is 15.6. The smallest absolute Gasteiger partial charge is 0.254 e. The van der Waals surface area contributed by atoms with Crippen molar-refractivity contribution in [2.75, 3.05) is 12.8 Å². The Bertz CT molecular complexity index is 873. The monoisotopic (exact) mass is 354 g/mol. The first-order chi connectivity index (χ1) is 12.1. The molecule has 0 atom stereocenters. The average molecular weight is 354 g/mol. The molecule has 0 bridgehead atoms. The van der Waals surface area contributed by atoms with E-state index >= 15 is 0 Å². The van der Waals surface area contributed by atoms with Crippen molar-refractivity contribution in [3.63, 3.8) is 0 Å². The summed E-state index contributed by atoms with van der Waals surface area (Å²) in [5.74, 6) is 0.0309. The first-order valence-corrected chi connectivity index (χ1v) is 9.56. The standard InChI is InChI=1S/C19H22N4OS/c1-4-11-23(13-14-5-8-16(25-3)9-6-14)19(24)15-7-10-18-17(12-15)20-21-22(18)2/h5-10,12H,4,11,13H2,1-3H3. The van der Waals surface area contributed by atoms with E-state index in [9.17, 15) is 4.79 Å². The van der Waals surface area contributed by atoms with Gasteiger partial charge in [-0.15, -0.1) is 16.9 Å². The molecule has 130 valence electrons. The van der Waals surface area contributed by atoms with Gasteiger partial charge in [-0.25, -0.2) is 4.68 Å². The van der Waals surface area contributed by atoms with Crippen molar-refractivity contribution in [1.82, 2.24) is 19.9 Å². The molecule has 0 spiro atoms. The molecule has 6 heteroatoms. The normalized spacial score (nSPS) is 11.0. The lowest BCUT2D eigenvalue weighted by molar-refractivity contribution is 0.0743. The van der Waals surface area contributed by atoms with Gasteiger partial charge in [0.25, 0.3) is 5.91 Å². The van der Waals surface area contributed by atoms with E-state index in [4.69, 9.17) is 0 Å². The van der Waals surface area contributed by atoms with Crippen LogP contribution in [0.1, 0.15) is 29.3 Å². The van der Waals surface area contributed by atoms with Crippen molar-refractivity contribution in [3.8, 4) is 0 Å². The molecule has 0 aliphatic heterocycles. The molecular formula is C19H22N4OS. The fraction of sp³-hybridized carbons (Fsp3) is 0.316. The predicted molar refractivity (Wildman–Crippen MR) is 102 cm³/mol. The summed E-state index contributed by atoms with van der Waals surface area (Å²) >= 11 is 1.72. The Balaban J connectivity index is 1.83. The van der Waals surface area contributed by atoms with E-state index in [1.807, 2.05) is 30.1 Å². The summed E-state index contributed by atoms with van der Waals surface area (Å²) in [6.45, 7) is 3.42. The van der Waals surface area contributed by atoms with E-state index in [0.29, 0.717) is 12.1 Å². The van der Waals surface area contributed by atoms with Gasteiger partial charge in [0.2, 0.25) is 0 Å². The van der Waals surface area contributed by atoms with Crippen molar-refractivity contribution in [2.24, 2.45) is 7.05 Å². The van der Waals surface area contributed by atoms with Crippen LogP contribution >= 0.6 is 11.8 Å². The minimum atomic E-state index is 0.0309. The lowest BCUT2D eigenvalue weighted by Crippen LogP contribution is -2.31. The number of fused-ring (bicyclic) bond motifs is 1. The highest BCUT2D eigenvalue weighted by Crippen LogP contribution is 2.18. The molecule has 0 unspecified atom stereocenters. The van der Waals surface area contributed by atoms with Crippen molar-refractivity contribution >= 4 is 28.7 Å². The summed E-state index contributed by atoms with van der Waals surface area (Å²) in [4.78, 5) is 16.1. The fourth-order valence-corrected chi connectivity index (χ4v) is 3.24. The van der Waals surface area contributed by atoms with Gasteiger partial charge in [0.05, 0.1) is 5.52 Å². The summed E-state index contributed by atoms with van der Waals surface area (Å²) in [5.41, 5.74) is 3.46. The van der Waals surface area contributed by atoms with Gasteiger partial charge >= 0.3 is 0 Å². The lowest BCUT2D eigenvalue weighted by Gasteiger charge is -2.22. The van der Waals surface area contributed by atoms with Crippen LogP contribution in [0.25, 0.3) is 11.0 Å². The highest BCUT2D eigenvalue weighted by Gasteiger charge is 2.17. The highest BCUT2D eigenvalue weighted by atomic mass is 32.2. The number of rotatable bonds is 6. The Hall–Kier alpha value is -2.34. The van der Waals surface area contributed by atoms with Gasteiger partial charge in [-0.05, 0) is 48.6 Å². The Morgan fingerprint density at radius 1 is 1.20 bits per heavy atom. The molecule has 0 N–H and O–H groups in total. The molecule has 2 aromatic carbocycles. The van der Waals surface area contributed by atoms with Gasteiger partial charge in [0.1, 0.15) is 5.52 Å². The second kappa shape index (κ2) is 7.70. The van der Waals surface area contributed by atoms with Crippen LogP contribution in [-0.2, 0) is 13.6 Å². The molecule has 1 heterocycles. The molecule has 1 aromatic heterocycles.